The van der Waals surface area contributed by atoms with E-state index in [1.807, 2.05) is 0 Å². The van der Waals surface area contributed by atoms with E-state index in [1.165, 1.54) is 6.07 Å². The van der Waals surface area contributed by atoms with E-state index in [0.717, 1.165) is 0 Å². The number of rotatable bonds is 5. The Labute approximate surface area is 100.0 Å². The van der Waals surface area contributed by atoms with E-state index in [-0.39, 0.29) is 4.90 Å². The average Bonchev–Trinajstić information content (AvgIpc) is 2.18. The molecule has 6 nitrogen and oxygen atoms in total. The summed E-state index contributed by atoms with van der Waals surface area (Å²) in [7, 11) is -0.736. The highest BCUT2D eigenvalue weighted by Crippen LogP contribution is 2.21. The minimum absolute atomic E-state index is 0.196. The lowest BCUT2D eigenvalue weighted by atomic mass is 10.2. The van der Waals surface area contributed by atoms with Crippen LogP contribution >= 0.6 is 0 Å². The third-order valence-electron chi connectivity index (χ3n) is 2.06. The van der Waals surface area contributed by atoms with Crippen LogP contribution in [0, 0.1) is 0 Å². The van der Waals surface area contributed by atoms with Gasteiger partial charge in [0.15, 0.2) is 0 Å². The van der Waals surface area contributed by atoms with Crippen LogP contribution in [0.2, 0.25) is 0 Å². The summed E-state index contributed by atoms with van der Waals surface area (Å²) in [5.41, 5.74) is 0.782. The Morgan fingerprint density at radius 2 is 2.06 bits per heavy atom. The van der Waals surface area contributed by atoms with Crippen LogP contribution in [-0.2, 0) is 21.5 Å². The summed E-state index contributed by atoms with van der Waals surface area (Å²) in [6.07, 6.45) is 0.439. The smallest absolute Gasteiger partial charge is 0.294 e. The zero-order valence-corrected chi connectivity index (χ0v) is 10.4. The van der Waals surface area contributed by atoms with Gasteiger partial charge in [-0.1, -0.05) is 6.07 Å². The maximum Gasteiger partial charge on any atom is 0.294 e. The lowest BCUT2D eigenvalue weighted by Gasteiger charge is -2.13. The van der Waals surface area contributed by atoms with E-state index >= 15 is 0 Å². The van der Waals surface area contributed by atoms with Gasteiger partial charge in [0.05, 0.1) is 0 Å². The van der Waals surface area contributed by atoms with E-state index in [9.17, 15) is 13.2 Å². The van der Waals surface area contributed by atoms with Crippen molar-refractivity contribution in [2.24, 2.45) is 0 Å². The number of nitrogens with zero attached hydrogens (tertiary/aromatic N) is 1. The number of nitrogens with one attached hydrogen (secondary N) is 1. The number of anilines is 1. The van der Waals surface area contributed by atoms with Gasteiger partial charge in [0.25, 0.3) is 10.1 Å². The standard InChI is InChI=1S/C10H14N2O4S/c1-12(2)6-8-3-4-9(11-7-13)5-10(8)17(14,15)16/h3-5,7H,6H2,1-2H3,(H,11,13)(H,14,15,16). The molecule has 2 N–H and O–H groups in total. The third kappa shape index (κ3) is 3.81. The van der Waals surface area contributed by atoms with Crippen LogP contribution in [0.5, 0.6) is 0 Å². The normalized spacial score (nSPS) is 11.5. The van der Waals surface area contributed by atoms with Crippen LogP contribution in [-0.4, -0.2) is 38.4 Å². The summed E-state index contributed by atoms with van der Waals surface area (Å²) in [6, 6.07) is 4.35. The molecule has 1 rings (SSSR count). The van der Waals surface area contributed by atoms with Gasteiger partial charge in [-0.2, -0.15) is 8.42 Å². The second-order valence-electron chi connectivity index (χ2n) is 3.80. The third-order valence-corrected chi connectivity index (χ3v) is 2.99. The quantitative estimate of drug-likeness (QED) is 0.595. The molecule has 1 aromatic rings. The first-order valence-corrected chi connectivity index (χ1v) is 6.24. The first-order valence-electron chi connectivity index (χ1n) is 4.80. The summed E-state index contributed by atoms with van der Waals surface area (Å²) in [5.74, 6) is 0. The first-order chi connectivity index (χ1) is 7.84. The van der Waals surface area contributed by atoms with Gasteiger partial charge in [-0.05, 0) is 31.8 Å². The second-order valence-corrected chi connectivity index (χ2v) is 5.19. The Morgan fingerprint density at radius 1 is 1.41 bits per heavy atom. The van der Waals surface area contributed by atoms with Crippen molar-refractivity contribution < 1.29 is 17.8 Å². The van der Waals surface area contributed by atoms with Crippen molar-refractivity contribution in [2.75, 3.05) is 19.4 Å². The molecule has 0 aliphatic carbocycles. The topological polar surface area (TPSA) is 86.7 Å². The Balaban J connectivity index is 3.26. The minimum atomic E-state index is -4.30. The van der Waals surface area contributed by atoms with Gasteiger partial charge in [0, 0.05) is 12.2 Å². The Bertz CT molecular complexity index is 511. The maximum absolute atomic E-state index is 11.2. The summed E-state index contributed by atoms with van der Waals surface area (Å²) < 4.78 is 31.5. The van der Waals surface area contributed by atoms with E-state index in [1.54, 1.807) is 31.1 Å². The van der Waals surface area contributed by atoms with E-state index in [4.69, 9.17) is 4.55 Å². The Hall–Kier alpha value is -1.44. The Morgan fingerprint density at radius 3 is 2.53 bits per heavy atom. The molecule has 0 fully saturated rings. The molecule has 0 saturated carbocycles. The second kappa shape index (κ2) is 5.26. The summed E-state index contributed by atoms with van der Waals surface area (Å²) >= 11 is 0. The lowest BCUT2D eigenvalue weighted by molar-refractivity contribution is -0.105. The van der Waals surface area contributed by atoms with Crippen molar-refractivity contribution >= 4 is 22.2 Å². The minimum Gasteiger partial charge on any atom is -0.329 e. The summed E-state index contributed by atoms with van der Waals surface area (Å²) in [4.78, 5) is 11.8. The van der Waals surface area contributed by atoms with Crippen molar-refractivity contribution in [3.05, 3.63) is 23.8 Å². The zero-order valence-electron chi connectivity index (χ0n) is 9.54. The molecule has 0 heterocycles. The monoisotopic (exact) mass is 258 g/mol. The van der Waals surface area contributed by atoms with Crippen LogP contribution in [0.1, 0.15) is 5.56 Å². The van der Waals surface area contributed by atoms with Gasteiger partial charge < -0.3 is 10.2 Å². The van der Waals surface area contributed by atoms with Crippen LogP contribution in [0.3, 0.4) is 0 Å². The summed E-state index contributed by atoms with van der Waals surface area (Å²) in [5, 5.41) is 2.33. The van der Waals surface area contributed by atoms with E-state index < -0.39 is 10.1 Å². The van der Waals surface area contributed by atoms with Crippen LogP contribution in [0.15, 0.2) is 23.1 Å². The van der Waals surface area contributed by atoms with Crippen molar-refractivity contribution in [2.45, 2.75) is 11.4 Å². The molecule has 0 spiro atoms. The number of carbonyl (C=O) groups excluding carboxylic acids is 1. The predicted molar refractivity (Wildman–Crippen MR) is 63.3 cm³/mol. The lowest BCUT2D eigenvalue weighted by Crippen LogP contribution is -2.14. The van der Waals surface area contributed by atoms with E-state index in [0.29, 0.717) is 24.2 Å². The molecule has 7 heteroatoms. The van der Waals surface area contributed by atoms with Gasteiger partial charge in [-0.25, -0.2) is 0 Å². The molecule has 0 atom stereocenters. The van der Waals surface area contributed by atoms with Crippen LogP contribution < -0.4 is 5.32 Å². The van der Waals surface area contributed by atoms with Gasteiger partial charge in [0.1, 0.15) is 4.90 Å². The molecule has 0 radical (unpaired) electrons. The molecule has 94 valence electrons. The van der Waals surface area contributed by atoms with Crippen molar-refractivity contribution in [3.63, 3.8) is 0 Å². The van der Waals surface area contributed by atoms with Crippen molar-refractivity contribution in [1.82, 2.24) is 4.90 Å². The first kappa shape index (κ1) is 13.6. The molecule has 1 aromatic carbocycles. The molecule has 0 aliphatic rings. The number of hydrogen-bond acceptors (Lipinski definition) is 4. The number of benzene rings is 1. The Kier molecular flexibility index (Phi) is 4.22. The highest BCUT2D eigenvalue weighted by molar-refractivity contribution is 7.85. The fourth-order valence-corrected chi connectivity index (χ4v) is 2.16. The maximum atomic E-state index is 11.2. The molecule has 0 saturated heterocycles. The molecular formula is C10H14N2O4S. The molecule has 0 unspecified atom stereocenters. The molecular weight excluding hydrogens is 244 g/mol. The fourth-order valence-electron chi connectivity index (χ4n) is 1.42. The highest BCUT2D eigenvalue weighted by atomic mass is 32.2. The van der Waals surface area contributed by atoms with Gasteiger partial charge in [-0.15, -0.1) is 0 Å². The van der Waals surface area contributed by atoms with Crippen molar-refractivity contribution in [1.29, 1.82) is 0 Å². The van der Waals surface area contributed by atoms with Crippen LogP contribution in [0.4, 0.5) is 5.69 Å². The SMILES string of the molecule is CN(C)Cc1ccc(NC=O)cc1S(=O)(=O)O. The predicted octanol–water partition coefficient (Wildman–Crippen LogP) is 0.563. The molecule has 0 aliphatic heterocycles. The summed E-state index contributed by atoms with van der Waals surface area (Å²) in [6.45, 7) is 0.372. The molecule has 0 aromatic heterocycles. The molecule has 0 bridgehead atoms. The van der Waals surface area contributed by atoms with Crippen molar-refractivity contribution in [3.8, 4) is 0 Å². The van der Waals surface area contributed by atoms with Gasteiger partial charge in [-0.3, -0.25) is 9.35 Å². The van der Waals surface area contributed by atoms with E-state index in [2.05, 4.69) is 5.32 Å². The number of hydrogen-bond donors (Lipinski definition) is 2. The average molecular weight is 258 g/mol. The van der Waals surface area contributed by atoms with Gasteiger partial charge in [0.2, 0.25) is 6.41 Å². The largest absolute Gasteiger partial charge is 0.329 e. The molecule has 1 amide bonds. The molecule has 17 heavy (non-hydrogen) atoms. The highest BCUT2D eigenvalue weighted by Gasteiger charge is 2.16. The van der Waals surface area contributed by atoms with Crippen LogP contribution in [0.25, 0.3) is 0 Å². The van der Waals surface area contributed by atoms with Gasteiger partial charge >= 0.3 is 0 Å². The zero-order chi connectivity index (χ0) is 13.1. The fraction of sp³-hybridized carbons (Fsp3) is 0.300. The number of amides is 1. The number of carbonyl (C=O) groups is 1.